The summed E-state index contributed by atoms with van der Waals surface area (Å²) in [5.41, 5.74) is 0.886. The van der Waals surface area contributed by atoms with Gasteiger partial charge in [-0.1, -0.05) is 6.07 Å². The molecule has 0 heterocycles. The van der Waals surface area contributed by atoms with Crippen molar-refractivity contribution in [2.45, 2.75) is 11.1 Å². The van der Waals surface area contributed by atoms with Gasteiger partial charge in [0.1, 0.15) is 0 Å². The van der Waals surface area contributed by atoms with Crippen LogP contribution in [0.2, 0.25) is 0 Å². The van der Waals surface area contributed by atoms with Crippen LogP contribution >= 0.6 is 11.9 Å². The third-order valence-corrected chi connectivity index (χ3v) is 2.06. The number of hydrazine groups is 1. The van der Waals surface area contributed by atoms with Gasteiger partial charge in [-0.25, -0.2) is 0 Å². The summed E-state index contributed by atoms with van der Waals surface area (Å²) in [6.45, 7) is 0. The molecule has 1 aromatic rings. The van der Waals surface area contributed by atoms with Crippen LogP contribution in [-0.4, -0.2) is 5.21 Å². The molecule has 0 aliphatic heterocycles. The summed E-state index contributed by atoms with van der Waals surface area (Å²) in [4.78, 5) is 2.55. The lowest BCUT2D eigenvalue weighted by molar-refractivity contribution is -0.137. The first kappa shape index (κ1) is 11.3. The number of hydrogen-bond donors (Lipinski definition) is 3. The summed E-state index contributed by atoms with van der Waals surface area (Å²) in [6, 6.07) is 4.75. The van der Waals surface area contributed by atoms with Gasteiger partial charge in [0.25, 0.3) is 0 Å². The Labute approximate surface area is 82.4 Å². The molecule has 0 atom stereocenters. The molecule has 0 aromatic heterocycles. The van der Waals surface area contributed by atoms with E-state index in [-0.39, 0.29) is 0 Å². The Kier molecular flexibility index (Phi) is 3.76. The molecule has 0 aliphatic rings. The summed E-state index contributed by atoms with van der Waals surface area (Å²) in [5.74, 6) is 0. The fourth-order valence-corrected chi connectivity index (χ4v) is 1.31. The first-order valence-corrected chi connectivity index (χ1v) is 4.34. The molecule has 0 radical (unpaired) electrons. The summed E-state index contributed by atoms with van der Waals surface area (Å²) in [5, 5.41) is 8.15. The monoisotopic (exact) mass is 224 g/mol. The van der Waals surface area contributed by atoms with E-state index in [0.717, 1.165) is 24.1 Å². The van der Waals surface area contributed by atoms with Crippen LogP contribution in [0.1, 0.15) is 5.56 Å². The largest absolute Gasteiger partial charge is 0.416 e. The maximum absolute atomic E-state index is 12.2. The molecular weight excluding hydrogens is 217 g/mol. The predicted molar refractivity (Wildman–Crippen MR) is 45.4 cm³/mol. The minimum Gasteiger partial charge on any atom is -0.301 e. The van der Waals surface area contributed by atoms with Crippen LogP contribution in [0.5, 0.6) is 0 Å². The van der Waals surface area contributed by atoms with E-state index in [4.69, 9.17) is 5.21 Å². The highest BCUT2D eigenvalue weighted by Gasteiger charge is 2.30. The van der Waals surface area contributed by atoms with Crippen molar-refractivity contribution in [3.63, 3.8) is 0 Å². The molecule has 3 nitrogen and oxygen atoms in total. The van der Waals surface area contributed by atoms with Gasteiger partial charge in [0, 0.05) is 4.90 Å². The number of alkyl halides is 3. The van der Waals surface area contributed by atoms with Gasteiger partial charge in [-0.3, -0.25) is 0 Å². The first-order valence-electron chi connectivity index (χ1n) is 3.52. The van der Waals surface area contributed by atoms with Crippen molar-refractivity contribution in [1.29, 1.82) is 0 Å². The molecule has 3 N–H and O–H groups in total. The van der Waals surface area contributed by atoms with Crippen molar-refractivity contribution in [3.8, 4) is 0 Å². The van der Waals surface area contributed by atoms with E-state index < -0.39 is 11.7 Å². The molecule has 0 unspecified atom stereocenters. The van der Waals surface area contributed by atoms with Gasteiger partial charge in [-0.15, -0.1) is 5.59 Å². The molecule has 0 fully saturated rings. The molecule has 78 valence electrons. The Morgan fingerprint density at radius 1 is 1.29 bits per heavy atom. The minimum atomic E-state index is -4.34. The molecule has 0 bridgehead atoms. The van der Waals surface area contributed by atoms with Gasteiger partial charge in [0.15, 0.2) is 0 Å². The van der Waals surface area contributed by atoms with Gasteiger partial charge in [0.2, 0.25) is 0 Å². The van der Waals surface area contributed by atoms with E-state index in [1.165, 1.54) is 12.1 Å². The van der Waals surface area contributed by atoms with Crippen molar-refractivity contribution in [2.24, 2.45) is 0 Å². The lowest BCUT2D eigenvalue weighted by atomic mass is 10.2. The van der Waals surface area contributed by atoms with Gasteiger partial charge in [-0.2, -0.15) is 18.0 Å². The number of benzene rings is 1. The molecule has 1 rings (SSSR count). The van der Waals surface area contributed by atoms with Crippen LogP contribution in [0.3, 0.4) is 0 Å². The van der Waals surface area contributed by atoms with Gasteiger partial charge >= 0.3 is 6.18 Å². The van der Waals surface area contributed by atoms with Crippen LogP contribution in [0.4, 0.5) is 13.2 Å². The van der Waals surface area contributed by atoms with Crippen LogP contribution in [0.15, 0.2) is 29.2 Å². The zero-order chi connectivity index (χ0) is 10.6. The maximum Gasteiger partial charge on any atom is 0.416 e. The summed E-state index contributed by atoms with van der Waals surface area (Å²) < 4.78 is 36.6. The zero-order valence-corrected chi connectivity index (χ0v) is 7.62. The second-order valence-corrected chi connectivity index (χ2v) is 3.22. The SMILES string of the molecule is ONNSc1cccc(C(F)(F)F)c1. The van der Waals surface area contributed by atoms with Gasteiger partial charge < -0.3 is 5.21 Å². The van der Waals surface area contributed by atoms with Gasteiger partial charge in [0.05, 0.1) is 5.56 Å². The topological polar surface area (TPSA) is 44.3 Å². The number of halogens is 3. The van der Waals surface area contributed by atoms with Crippen molar-refractivity contribution in [2.75, 3.05) is 0 Å². The van der Waals surface area contributed by atoms with E-state index in [1.807, 2.05) is 0 Å². The third kappa shape index (κ3) is 3.18. The number of rotatable bonds is 3. The molecule has 0 amide bonds. The van der Waals surface area contributed by atoms with Crippen molar-refractivity contribution in [1.82, 2.24) is 10.4 Å². The zero-order valence-electron chi connectivity index (χ0n) is 6.80. The van der Waals surface area contributed by atoms with Crippen molar-refractivity contribution in [3.05, 3.63) is 29.8 Å². The second kappa shape index (κ2) is 4.65. The van der Waals surface area contributed by atoms with Crippen molar-refractivity contribution < 1.29 is 18.4 Å². The lowest BCUT2D eigenvalue weighted by Gasteiger charge is -2.07. The van der Waals surface area contributed by atoms with Gasteiger partial charge in [-0.05, 0) is 30.1 Å². The fraction of sp³-hybridized carbons (Fsp3) is 0.143. The predicted octanol–water partition coefficient (Wildman–Crippen LogP) is 2.20. The molecule has 1 aromatic carbocycles. The van der Waals surface area contributed by atoms with E-state index in [0.29, 0.717) is 4.90 Å². The van der Waals surface area contributed by atoms with Crippen LogP contribution < -0.4 is 10.4 Å². The summed E-state index contributed by atoms with van der Waals surface area (Å²) >= 11 is 0.840. The Morgan fingerprint density at radius 2 is 2.00 bits per heavy atom. The normalized spacial score (nSPS) is 11.7. The Hall–Kier alpha value is -0.760. The average Bonchev–Trinajstić information content (AvgIpc) is 2.14. The van der Waals surface area contributed by atoms with E-state index in [2.05, 4.69) is 4.83 Å². The molecule has 0 aliphatic carbocycles. The van der Waals surface area contributed by atoms with Crippen LogP contribution in [0, 0.1) is 0 Å². The van der Waals surface area contributed by atoms with E-state index >= 15 is 0 Å². The second-order valence-electron chi connectivity index (χ2n) is 2.34. The van der Waals surface area contributed by atoms with E-state index in [9.17, 15) is 13.2 Å². The molecule has 0 spiro atoms. The third-order valence-electron chi connectivity index (χ3n) is 1.38. The fourth-order valence-electron chi connectivity index (χ4n) is 0.818. The van der Waals surface area contributed by atoms with Crippen LogP contribution in [0.25, 0.3) is 0 Å². The highest BCUT2D eigenvalue weighted by Crippen LogP contribution is 2.31. The molecular formula is C7H7F3N2OS. The average molecular weight is 224 g/mol. The van der Waals surface area contributed by atoms with Crippen LogP contribution in [-0.2, 0) is 6.18 Å². The summed E-state index contributed by atoms with van der Waals surface area (Å²) in [6.07, 6.45) is -4.34. The highest BCUT2D eigenvalue weighted by atomic mass is 32.2. The summed E-state index contributed by atoms with van der Waals surface area (Å²) in [7, 11) is 0. The number of nitrogens with one attached hydrogen (secondary N) is 2. The smallest absolute Gasteiger partial charge is 0.301 e. The van der Waals surface area contributed by atoms with E-state index in [1.54, 1.807) is 5.59 Å². The maximum atomic E-state index is 12.2. The molecule has 14 heavy (non-hydrogen) atoms. The number of hydrogen-bond acceptors (Lipinski definition) is 4. The molecule has 0 saturated heterocycles. The highest BCUT2D eigenvalue weighted by molar-refractivity contribution is 7.97. The quantitative estimate of drug-likeness (QED) is 0.544. The molecule has 0 saturated carbocycles. The van der Waals surface area contributed by atoms with Crippen molar-refractivity contribution >= 4 is 11.9 Å². The standard InChI is InChI=1S/C7H7F3N2OS/c8-7(9,10)5-2-1-3-6(4-5)14-12-11-13/h1-4,11-13H. The Balaban J connectivity index is 2.79. The minimum absolute atomic E-state index is 0.348. The first-order chi connectivity index (χ1) is 6.54. The Bertz CT molecular complexity index is 305. The lowest BCUT2D eigenvalue weighted by Crippen LogP contribution is -2.20. The Morgan fingerprint density at radius 3 is 2.57 bits per heavy atom. The molecule has 7 heteroatoms.